The van der Waals surface area contributed by atoms with E-state index in [1.165, 1.54) is 30.0 Å². The van der Waals surface area contributed by atoms with E-state index in [0.29, 0.717) is 37.7 Å². The van der Waals surface area contributed by atoms with Crippen LogP contribution < -0.4 is 4.90 Å². The fourth-order valence-corrected chi connectivity index (χ4v) is 5.43. The van der Waals surface area contributed by atoms with Crippen LogP contribution in [-0.2, 0) is 22.4 Å². The standard InChI is InChI=1S/C32H27ClN2O4S/c1-4-20-6-11-23(12-7-20)34-32-35(24-13-8-21(5-2)9-14-24)30(36)29(40-32)19-25-15-17-28(39-25)26-18-22(31(37)38-3)10-16-27(26)33/h6-19H,4-5H2,1-3H3/b29-19-,34-32?. The molecule has 4 aromatic rings. The number of methoxy groups -OCH3 is 1. The summed E-state index contributed by atoms with van der Waals surface area (Å²) in [6.07, 6.45) is 3.55. The number of aliphatic imine (C=N–C) groups is 1. The van der Waals surface area contributed by atoms with Crippen LogP contribution in [0.25, 0.3) is 17.4 Å². The molecule has 0 bridgehead atoms. The normalized spacial score (nSPS) is 15.3. The van der Waals surface area contributed by atoms with Gasteiger partial charge in [-0.2, -0.15) is 0 Å². The lowest BCUT2D eigenvalue weighted by atomic mass is 10.1. The second-order valence-electron chi connectivity index (χ2n) is 9.07. The maximum atomic E-state index is 13.7. The fraction of sp³-hybridized carbons (Fsp3) is 0.156. The summed E-state index contributed by atoms with van der Waals surface area (Å²) in [5.41, 5.74) is 4.83. The lowest BCUT2D eigenvalue weighted by molar-refractivity contribution is -0.113. The minimum absolute atomic E-state index is 0.193. The summed E-state index contributed by atoms with van der Waals surface area (Å²) in [4.78, 5) is 32.6. The lowest BCUT2D eigenvalue weighted by Gasteiger charge is -2.16. The number of ether oxygens (including phenoxy) is 1. The number of amides is 1. The van der Waals surface area contributed by atoms with Gasteiger partial charge in [-0.05, 0) is 90.3 Å². The summed E-state index contributed by atoms with van der Waals surface area (Å²) in [6, 6.07) is 24.3. The number of carbonyl (C=O) groups excluding carboxylic acids is 2. The van der Waals surface area contributed by atoms with E-state index in [1.807, 2.05) is 48.5 Å². The Morgan fingerprint density at radius 3 is 2.30 bits per heavy atom. The van der Waals surface area contributed by atoms with Crippen molar-refractivity contribution in [3.05, 3.63) is 111 Å². The molecule has 202 valence electrons. The number of halogens is 1. The van der Waals surface area contributed by atoms with Crippen molar-refractivity contribution in [2.45, 2.75) is 26.7 Å². The van der Waals surface area contributed by atoms with Crippen molar-refractivity contribution in [1.29, 1.82) is 0 Å². The van der Waals surface area contributed by atoms with Crippen molar-refractivity contribution in [3.8, 4) is 11.3 Å². The molecule has 1 saturated heterocycles. The summed E-state index contributed by atoms with van der Waals surface area (Å²) < 4.78 is 10.9. The summed E-state index contributed by atoms with van der Waals surface area (Å²) in [5.74, 6) is 0.278. The third-order valence-corrected chi connectivity index (χ3v) is 7.83. The molecule has 0 unspecified atom stereocenters. The van der Waals surface area contributed by atoms with E-state index >= 15 is 0 Å². The minimum atomic E-state index is -0.469. The van der Waals surface area contributed by atoms with Crippen LogP contribution in [0.1, 0.15) is 41.1 Å². The number of esters is 1. The zero-order chi connectivity index (χ0) is 28.2. The Morgan fingerprint density at radius 2 is 1.65 bits per heavy atom. The Balaban J connectivity index is 1.50. The van der Waals surface area contributed by atoms with Crippen LogP contribution in [0.5, 0.6) is 0 Å². The van der Waals surface area contributed by atoms with E-state index in [-0.39, 0.29) is 5.91 Å². The number of furan rings is 1. The van der Waals surface area contributed by atoms with Gasteiger partial charge in [-0.25, -0.2) is 9.79 Å². The third-order valence-electron chi connectivity index (χ3n) is 6.53. The molecule has 1 aromatic heterocycles. The number of amidine groups is 1. The molecular weight excluding hydrogens is 544 g/mol. The molecule has 0 atom stereocenters. The number of carbonyl (C=O) groups is 2. The van der Waals surface area contributed by atoms with E-state index in [4.69, 9.17) is 25.7 Å². The van der Waals surface area contributed by atoms with Crippen LogP contribution in [0, 0.1) is 0 Å². The highest BCUT2D eigenvalue weighted by molar-refractivity contribution is 8.19. The van der Waals surface area contributed by atoms with Gasteiger partial charge in [0.2, 0.25) is 0 Å². The molecular formula is C32H27ClN2O4S. The van der Waals surface area contributed by atoms with Crippen molar-refractivity contribution >= 4 is 57.9 Å². The van der Waals surface area contributed by atoms with Crippen LogP contribution in [-0.4, -0.2) is 24.2 Å². The molecule has 8 heteroatoms. The number of anilines is 1. The largest absolute Gasteiger partial charge is 0.465 e. The van der Waals surface area contributed by atoms with Gasteiger partial charge in [-0.3, -0.25) is 9.69 Å². The first-order chi connectivity index (χ1) is 19.4. The van der Waals surface area contributed by atoms with Gasteiger partial charge in [0.15, 0.2) is 5.17 Å². The first-order valence-corrected chi connectivity index (χ1v) is 14.1. The highest BCUT2D eigenvalue weighted by atomic mass is 35.5. The molecule has 40 heavy (non-hydrogen) atoms. The molecule has 1 fully saturated rings. The molecule has 3 aromatic carbocycles. The zero-order valence-corrected chi connectivity index (χ0v) is 23.9. The first-order valence-electron chi connectivity index (χ1n) is 12.9. The lowest BCUT2D eigenvalue weighted by Crippen LogP contribution is -2.28. The second-order valence-corrected chi connectivity index (χ2v) is 10.5. The highest BCUT2D eigenvalue weighted by Crippen LogP contribution is 2.38. The summed E-state index contributed by atoms with van der Waals surface area (Å²) in [7, 11) is 1.32. The van der Waals surface area contributed by atoms with Crippen molar-refractivity contribution in [2.75, 3.05) is 12.0 Å². The second kappa shape index (κ2) is 12.0. The quantitative estimate of drug-likeness (QED) is 0.165. The molecule has 1 aliphatic rings. The molecule has 1 amide bonds. The van der Waals surface area contributed by atoms with Gasteiger partial charge in [-0.15, -0.1) is 0 Å². The minimum Gasteiger partial charge on any atom is -0.465 e. The number of thioether (sulfide) groups is 1. The predicted octanol–water partition coefficient (Wildman–Crippen LogP) is 8.32. The molecule has 6 nitrogen and oxygen atoms in total. The maximum Gasteiger partial charge on any atom is 0.337 e. The van der Waals surface area contributed by atoms with Gasteiger partial charge in [0.05, 0.1) is 34.0 Å². The van der Waals surface area contributed by atoms with Crippen molar-refractivity contribution < 1.29 is 18.7 Å². The van der Waals surface area contributed by atoms with Gasteiger partial charge in [-0.1, -0.05) is 49.7 Å². The van der Waals surface area contributed by atoms with Crippen LogP contribution in [0.4, 0.5) is 11.4 Å². The Bertz CT molecular complexity index is 1620. The Kier molecular flexibility index (Phi) is 8.24. The summed E-state index contributed by atoms with van der Waals surface area (Å²) >= 11 is 7.69. The molecule has 5 rings (SSSR count). The van der Waals surface area contributed by atoms with Gasteiger partial charge in [0, 0.05) is 11.6 Å². The number of hydrogen-bond donors (Lipinski definition) is 0. The van der Waals surface area contributed by atoms with Crippen LogP contribution in [0.2, 0.25) is 5.02 Å². The molecule has 2 heterocycles. The van der Waals surface area contributed by atoms with E-state index in [2.05, 4.69) is 13.8 Å². The Labute approximate surface area is 242 Å². The molecule has 0 spiro atoms. The van der Waals surface area contributed by atoms with Gasteiger partial charge in [0.25, 0.3) is 5.91 Å². The van der Waals surface area contributed by atoms with Gasteiger partial charge in [0.1, 0.15) is 11.5 Å². The smallest absolute Gasteiger partial charge is 0.337 e. The zero-order valence-electron chi connectivity index (χ0n) is 22.3. The van der Waals surface area contributed by atoms with Crippen LogP contribution >= 0.6 is 23.4 Å². The summed E-state index contributed by atoms with van der Waals surface area (Å²) in [6.45, 7) is 4.20. The predicted molar refractivity (Wildman–Crippen MR) is 162 cm³/mol. The maximum absolute atomic E-state index is 13.7. The number of aryl methyl sites for hydroxylation is 2. The van der Waals surface area contributed by atoms with E-state index in [9.17, 15) is 9.59 Å². The van der Waals surface area contributed by atoms with Crippen LogP contribution in [0.15, 0.2) is 93.2 Å². The molecule has 0 saturated carbocycles. The molecule has 0 N–H and O–H groups in total. The van der Waals surface area contributed by atoms with Gasteiger partial charge < -0.3 is 9.15 Å². The van der Waals surface area contributed by atoms with Crippen molar-refractivity contribution in [2.24, 2.45) is 4.99 Å². The fourth-order valence-electron chi connectivity index (χ4n) is 4.24. The molecule has 0 radical (unpaired) electrons. The number of benzene rings is 3. The Morgan fingerprint density at radius 1 is 0.975 bits per heavy atom. The average Bonchev–Trinajstić information content (AvgIpc) is 3.57. The van der Waals surface area contributed by atoms with E-state index in [1.54, 1.807) is 41.3 Å². The number of nitrogens with zero attached hydrogens (tertiary/aromatic N) is 2. The van der Waals surface area contributed by atoms with E-state index in [0.717, 1.165) is 24.2 Å². The Hall–Kier alpha value is -4.07. The summed E-state index contributed by atoms with van der Waals surface area (Å²) in [5, 5.41) is 0.989. The van der Waals surface area contributed by atoms with Crippen molar-refractivity contribution in [3.63, 3.8) is 0 Å². The topological polar surface area (TPSA) is 72.1 Å². The van der Waals surface area contributed by atoms with Crippen molar-refractivity contribution in [1.82, 2.24) is 0 Å². The number of rotatable bonds is 7. The van der Waals surface area contributed by atoms with Gasteiger partial charge >= 0.3 is 5.97 Å². The van der Waals surface area contributed by atoms with E-state index < -0.39 is 5.97 Å². The number of hydrogen-bond acceptors (Lipinski definition) is 6. The monoisotopic (exact) mass is 570 g/mol. The molecule has 1 aliphatic heterocycles. The average molecular weight is 571 g/mol. The highest BCUT2D eigenvalue weighted by Gasteiger charge is 2.35. The first kappa shape index (κ1) is 27.5. The third kappa shape index (κ3) is 5.76. The molecule has 0 aliphatic carbocycles. The van der Waals surface area contributed by atoms with Crippen LogP contribution in [0.3, 0.4) is 0 Å². The SMILES string of the molecule is CCc1ccc(N=C2S/C(=C\c3ccc(-c4cc(C(=O)OC)ccc4Cl)o3)C(=O)N2c2ccc(CC)cc2)cc1.